The van der Waals surface area contributed by atoms with Gasteiger partial charge in [-0.25, -0.2) is 12.8 Å². The number of nitrogens with one attached hydrogen (secondary N) is 1. The van der Waals surface area contributed by atoms with E-state index in [4.69, 9.17) is 0 Å². The third kappa shape index (κ3) is 9.25. The summed E-state index contributed by atoms with van der Waals surface area (Å²) in [4.78, 5) is 29.6. The van der Waals surface area contributed by atoms with Crippen molar-refractivity contribution in [2.75, 3.05) is 17.4 Å². The molecule has 4 aromatic carbocycles. The summed E-state index contributed by atoms with van der Waals surface area (Å²) in [5, 5.41) is 2.97. The molecule has 0 bridgehead atoms. The van der Waals surface area contributed by atoms with Gasteiger partial charge in [0, 0.05) is 24.0 Å². The van der Waals surface area contributed by atoms with Crippen molar-refractivity contribution in [1.29, 1.82) is 0 Å². The Morgan fingerprint density at radius 2 is 1.51 bits per heavy atom. The summed E-state index contributed by atoms with van der Waals surface area (Å²) in [5.41, 5.74) is 2.61. The summed E-state index contributed by atoms with van der Waals surface area (Å²) >= 11 is 3.44. The molecule has 0 aliphatic heterocycles. The number of unbranched alkanes of at least 4 members (excludes halogenated alkanes) is 1. The summed E-state index contributed by atoms with van der Waals surface area (Å²) in [6, 6.07) is 27.1. The van der Waals surface area contributed by atoms with Gasteiger partial charge in [-0.15, -0.1) is 0 Å². The van der Waals surface area contributed by atoms with Crippen LogP contribution in [0.5, 0.6) is 0 Å². The molecule has 1 N–H and O–H groups in total. The standard InChI is InChI=1S/C35H37BrFN3O4S/c1-3-4-22-38-35(42)33(23-27-8-6-5-7-9-27)39(24-28-12-14-29(36)15-13-28)34(41)25-40(31-18-16-30(37)17-19-31)45(43,44)32-20-10-26(2)11-21-32/h5-21,33H,3-4,22-25H2,1-2H3,(H,38,42). The minimum atomic E-state index is -4.26. The first-order valence-corrected chi connectivity index (χ1v) is 17.0. The zero-order valence-corrected chi connectivity index (χ0v) is 27.7. The van der Waals surface area contributed by atoms with Crippen LogP contribution >= 0.6 is 15.9 Å². The lowest BCUT2D eigenvalue weighted by molar-refractivity contribution is -0.140. The van der Waals surface area contributed by atoms with Gasteiger partial charge in [0.25, 0.3) is 10.0 Å². The highest BCUT2D eigenvalue weighted by Crippen LogP contribution is 2.26. The van der Waals surface area contributed by atoms with Crippen LogP contribution in [0.15, 0.2) is 112 Å². The number of anilines is 1. The van der Waals surface area contributed by atoms with Gasteiger partial charge in [-0.3, -0.25) is 13.9 Å². The fraction of sp³-hybridized carbons (Fsp3) is 0.257. The lowest BCUT2D eigenvalue weighted by Crippen LogP contribution is -2.53. The van der Waals surface area contributed by atoms with Crippen LogP contribution in [0.3, 0.4) is 0 Å². The molecule has 0 heterocycles. The smallest absolute Gasteiger partial charge is 0.264 e. The van der Waals surface area contributed by atoms with Crippen molar-refractivity contribution in [2.45, 2.75) is 50.6 Å². The molecule has 0 fully saturated rings. The minimum Gasteiger partial charge on any atom is -0.354 e. The highest BCUT2D eigenvalue weighted by Gasteiger charge is 2.34. The molecule has 0 spiro atoms. The molecule has 1 atom stereocenters. The maximum atomic E-state index is 14.4. The van der Waals surface area contributed by atoms with Gasteiger partial charge in [-0.2, -0.15) is 0 Å². The van der Waals surface area contributed by atoms with Crippen LogP contribution < -0.4 is 9.62 Å². The van der Waals surface area contributed by atoms with Gasteiger partial charge in [0.15, 0.2) is 0 Å². The predicted octanol–water partition coefficient (Wildman–Crippen LogP) is 6.65. The lowest BCUT2D eigenvalue weighted by Gasteiger charge is -2.34. The molecular formula is C35H37BrFN3O4S. The van der Waals surface area contributed by atoms with Crippen LogP contribution in [0.1, 0.15) is 36.5 Å². The Kier molecular flexibility index (Phi) is 11.9. The molecule has 7 nitrogen and oxygen atoms in total. The van der Waals surface area contributed by atoms with Crippen LogP contribution in [-0.4, -0.2) is 44.3 Å². The van der Waals surface area contributed by atoms with Crippen LogP contribution in [-0.2, 0) is 32.6 Å². The molecule has 45 heavy (non-hydrogen) atoms. The summed E-state index contributed by atoms with van der Waals surface area (Å²) in [7, 11) is -4.26. The Morgan fingerprint density at radius 3 is 2.13 bits per heavy atom. The SMILES string of the molecule is CCCCNC(=O)C(Cc1ccccc1)N(Cc1ccc(Br)cc1)C(=O)CN(c1ccc(F)cc1)S(=O)(=O)c1ccc(C)cc1. The minimum absolute atomic E-state index is 0.0113. The van der Waals surface area contributed by atoms with E-state index in [-0.39, 0.29) is 29.5 Å². The number of halogens is 2. The largest absolute Gasteiger partial charge is 0.354 e. The summed E-state index contributed by atoms with van der Waals surface area (Å²) < 4.78 is 43.8. The van der Waals surface area contributed by atoms with E-state index < -0.39 is 34.3 Å². The van der Waals surface area contributed by atoms with E-state index >= 15 is 0 Å². The number of hydrogen-bond donors (Lipinski definition) is 1. The fourth-order valence-corrected chi connectivity index (χ4v) is 6.50. The molecule has 0 aliphatic rings. The van der Waals surface area contributed by atoms with E-state index in [0.717, 1.165) is 50.4 Å². The first-order chi connectivity index (χ1) is 21.6. The van der Waals surface area contributed by atoms with Gasteiger partial charge in [-0.05, 0) is 73.0 Å². The van der Waals surface area contributed by atoms with Crippen molar-refractivity contribution >= 4 is 43.5 Å². The summed E-state index contributed by atoms with van der Waals surface area (Å²) in [5.74, 6) is -1.45. The molecule has 0 saturated carbocycles. The van der Waals surface area contributed by atoms with Gasteiger partial charge in [0.05, 0.1) is 10.6 Å². The number of aryl methyl sites for hydroxylation is 1. The van der Waals surface area contributed by atoms with E-state index in [0.29, 0.717) is 6.54 Å². The Hall–Kier alpha value is -4.02. The number of rotatable bonds is 14. The van der Waals surface area contributed by atoms with E-state index in [1.54, 1.807) is 12.1 Å². The second kappa shape index (κ2) is 15.8. The molecule has 2 amide bonds. The maximum absolute atomic E-state index is 14.4. The second-order valence-electron chi connectivity index (χ2n) is 10.8. The molecule has 0 aromatic heterocycles. The molecule has 0 radical (unpaired) electrons. The number of carbonyl (C=O) groups is 2. The van der Waals surface area contributed by atoms with Crippen LogP contribution in [0, 0.1) is 12.7 Å². The van der Waals surface area contributed by atoms with Gasteiger partial charge in [0.2, 0.25) is 11.8 Å². The highest BCUT2D eigenvalue weighted by atomic mass is 79.9. The van der Waals surface area contributed by atoms with Gasteiger partial charge < -0.3 is 10.2 Å². The van der Waals surface area contributed by atoms with Crippen LogP contribution in [0.2, 0.25) is 0 Å². The van der Waals surface area contributed by atoms with Crippen molar-refractivity contribution in [3.8, 4) is 0 Å². The number of sulfonamides is 1. The van der Waals surface area contributed by atoms with Gasteiger partial charge >= 0.3 is 0 Å². The van der Waals surface area contributed by atoms with E-state index in [1.165, 1.54) is 29.2 Å². The van der Waals surface area contributed by atoms with E-state index in [1.807, 2.05) is 68.4 Å². The lowest BCUT2D eigenvalue weighted by atomic mass is 10.0. The average Bonchev–Trinajstić information content (AvgIpc) is 3.03. The normalized spacial score (nSPS) is 11.9. The molecule has 0 saturated heterocycles. The predicted molar refractivity (Wildman–Crippen MR) is 179 cm³/mol. The van der Waals surface area contributed by atoms with Crippen LogP contribution in [0.25, 0.3) is 0 Å². The highest BCUT2D eigenvalue weighted by molar-refractivity contribution is 9.10. The molecule has 4 rings (SSSR count). The van der Waals surface area contributed by atoms with Gasteiger partial charge in [0.1, 0.15) is 18.4 Å². The first-order valence-electron chi connectivity index (χ1n) is 14.8. The number of benzene rings is 4. The Morgan fingerprint density at radius 1 is 0.867 bits per heavy atom. The molecule has 1 unspecified atom stereocenters. The number of hydrogen-bond acceptors (Lipinski definition) is 4. The van der Waals surface area contributed by atoms with Gasteiger partial charge in [-0.1, -0.05) is 89.4 Å². The van der Waals surface area contributed by atoms with Crippen molar-refractivity contribution in [1.82, 2.24) is 10.2 Å². The molecule has 4 aromatic rings. The van der Waals surface area contributed by atoms with E-state index in [9.17, 15) is 22.4 Å². The molecular weight excluding hydrogens is 657 g/mol. The van der Waals surface area contributed by atoms with Crippen LogP contribution in [0.4, 0.5) is 10.1 Å². The summed E-state index contributed by atoms with van der Waals surface area (Å²) in [6.07, 6.45) is 1.88. The maximum Gasteiger partial charge on any atom is 0.264 e. The molecule has 0 aliphatic carbocycles. The third-order valence-corrected chi connectivity index (χ3v) is 9.69. The summed E-state index contributed by atoms with van der Waals surface area (Å²) in [6.45, 7) is 3.77. The number of nitrogens with zero attached hydrogens (tertiary/aromatic N) is 2. The molecule has 10 heteroatoms. The Bertz CT molecular complexity index is 1670. The molecule has 236 valence electrons. The monoisotopic (exact) mass is 693 g/mol. The van der Waals surface area contributed by atoms with Crippen molar-refractivity contribution < 1.29 is 22.4 Å². The Labute approximate surface area is 273 Å². The first kappa shape index (κ1) is 33.9. The topological polar surface area (TPSA) is 86.8 Å². The third-order valence-electron chi connectivity index (χ3n) is 7.37. The second-order valence-corrected chi connectivity index (χ2v) is 13.6. The van der Waals surface area contributed by atoms with Crippen molar-refractivity contribution in [2.24, 2.45) is 0 Å². The number of amides is 2. The zero-order chi connectivity index (χ0) is 32.4. The number of carbonyl (C=O) groups excluding carboxylic acids is 2. The Balaban J connectivity index is 1.78. The van der Waals surface area contributed by atoms with E-state index in [2.05, 4.69) is 21.2 Å². The fourth-order valence-electron chi connectivity index (χ4n) is 4.82. The average molecular weight is 695 g/mol. The van der Waals surface area contributed by atoms with Crippen molar-refractivity contribution in [3.05, 3.63) is 130 Å². The zero-order valence-electron chi connectivity index (χ0n) is 25.3. The van der Waals surface area contributed by atoms with Crippen molar-refractivity contribution in [3.63, 3.8) is 0 Å². The quantitative estimate of drug-likeness (QED) is 0.150.